The molecule has 0 amide bonds. The third-order valence-corrected chi connectivity index (χ3v) is 2.04. The smallest absolute Gasteiger partial charge is 0.178 e. The molecule has 0 fully saturated rings. The van der Waals surface area contributed by atoms with Gasteiger partial charge in [-0.2, -0.15) is 0 Å². The third kappa shape index (κ3) is 3.98. The number of nitrogens with zero attached hydrogens (tertiary/aromatic N) is 1. The van der Waals surface area contributed by atoms with Crippen LogP contribution in [-0.4, -0.2) is 30.5 Å². The lowest BCUT2D eigenvalue weighted by molar-refractivity contribution is 0.0991. The molecule has 88 valence electrons. The number of carbonyl (C=O) groups excluding carboxylic acids is 1. The summed E-state index contributed by atoms with van der Waals surface area (Å²) in [5.74, 6) is 0.695. The summed E-state index contributed by atoms with van der Waals surface area (Å²) in [5.41, 5.74) is 0.592. The van der Waals surface area contributed by atoms with E-state index in [1.54, 1.807) is 18.5 Å². The molecule has 1 rings (SSSR count). The van der Waals surface area contributed by atoms with Crippen LogP contribution < -0.4 is 10.1 Å². The molecule has 0 unspecified atom stereocenters. The van der Waals surface area contributed by atoms with Crippen molar-refractivity contribution in [1.82, 2.24) is 10.3 Å². The Morgan fingerprint density at radius 2 is 2.25 bits per heavy atom. The van der Waals surface area contributed by atoms with Gasteiger partial charge in [-0.15, -0.1) is 0 Å². The second-order valence-electron chi connectivity index (χ2n) is 3.46. The number of pyridine rings is 1. The minimum atomic E-state index is 0.0382. The van der Waals surface area contributed by atoms with Crippen molar-refractivity contribution in [3.8, 4) is 5.75 Å². The number of ketones is 1. The highest BCUT2D eigenvalue weighted by Crippen LogP contribution is 2.11. The van der Waals surface area contributed by atoms with E-state index in [0.717, 1.165) is 13.0 Å². The topological polar surface area (TPSA) is 51.2 Å². The molecule has 0 radical (unpaired) electrons. The van der Waals surface area contributed by atoms with Gasteiger partial charge < -0.3 is 10.1 Å². The lowest BCUT2D eigenvalue weighted by atomic mass is 10.2. The van der Waals surface area contributed by atoms with Gasteiger partial charge in [-0.25, -0.2) is 0 Å². The van der Waals surface area contributed by atoms with Crippen LogP contribution in [0, 0.1) is 0 Å². The Kier molecular flexibility index (Phi) is 5.50. The Bertz CT molecular complexity index is 340. The molecule has 4 heteroatoms. The summed E-state index contributed by atoms with van der Waals surface area (Å²) >= 11 is 0. The van der Waals surface area contributed by atoms with Gasteiger partial charge in [0, 0.05) is 11.8 Å². The fraction of sp³-hybridized carbons (Fsp3) is 0.500. The largest absolute Gasteiger partial charge is 0.492 e. The number of rotatable bonds is 7. The van der Waals surface area contributed by atoms with Gasteiger partial charge in [-0.1, -0.05) is 13.8 Å². The first kappa shape index (κ1) is 12.6. The zero-order chi connectivity index (χ0) is 11.8. The van der Waals surface area contributed by atoms with E-state index in [1.807, 2.05) is 13.8 Å². The average Bonchev–Trinajstić information content (AvgIpc) is 2.33. The monoisotopic (exact) mass is 222 g/mol. The summed E-state index contributed by atoms with van der Waals surface area (Å²) in [5, 5.41) is 2.99. The molecule has 1 N–H and O–H groups in total. The minimum absolute atomic E-state index is 0.0382. The molecule has 1 heterocycles. The normalized spacial score (nSPS) is 10.1. The fourth-order valence-electron chi connectivity index (χ4n) is 1.21. The van der Waals surface area contributed by atoms with Gasteiger partial charge in [0.05, 0.1) is 19.3 Å². The van der Waals surface area contributed by atoms with E-state index in [-0.39, 0.29) is 5.78 Å². The predicted molar refractivity (Wildman–Crippen MR) is 62.9 cm³/mol. The number of hydrogen-bond donors (Lipinski definition) is 1. The Hall–Kier alpha value is -1.42. The zero-order valence-corrected chi connectivity index (χ0v) is 9.82. The molecule has 4 nitrogen and oxygen atoms in total. The van der Waals surface area contributed by atoms with Crippen LogP contribution in [-0.2, 0) is 0 Å². The number of ether oxygens (including phenoxy) is 1. The number of likely N-dealkylation sites (N-methyl/N-ethyl adjacent to an activating group) is 1. The molecule has 0 spiro atoms. The first-order chi connectivity index (χ1) is 7.77. The summed E-state index contributed by atoms with van der Waals surface area (Å²) < 4.78 is 5.42. The highest BCUT2D eigenvalue weighted by atomic mass is 16.5. The average molecular weight is 222 g/mol. The van der Waals surface area contributed by atoms with Crippen LogP contribution in [0.5, 0.6) is 5.75 Å². The Morgan fingerprint density at radius 3 is 2.94 bits per heavy atom. The molecule has 0 atom stereocenters. The molecular formula is C12H18N2O2. The van der Waals surface area contributed by atoms with Crippen molar-refractivity contribution in [2.75, 3.05) is 19.7 Å². The van der Waals surface area contributed by atoms with Gasteiger partial charge in [0.25, 0.3) is 0 Å². The quantitative estimate of drug-likeness (QED) is 0.713. The summed E-state index contributed by atoms with van der Waals surface area (Å²) in [4.78, 5) is 15.7. The van der Waals surface area contributed by atoms with Gasteiger partial charge in [-0.05, 0) is 19.0 Å². The summed E-state index contributed by atoms with van der Waals surface area (Å²) in [6.45, 7) is 5.77. The second-order valence-corrected chi connectivity index (χ2v) is 3.46. The molecule has 1 aromatic heterocycles. The van der Waals surface area contributed by atoms with Crippen LogP contribution >= 0.6 is 0 Å². The van der Waals surface area contributed by atoms with Crippen molar-refractivity contribution in [2.24, 2.45) is 0 Å². The first-order valence-electron chi connectivity index (χ1n) is 5.59. The highest BCUT2D eigenvalue weighted by molar-refractivity contribution is 5.97. The number of nitrogens with one attached hydrogen (secondary N) is 1. The number of aromatic nitrogens is 1. The van der Waals surface area contributed by atoms with Crippen molar-refractivity contribution < 1.29 is 9.53 Å². The van der Waals surface area contributed by atoms with Crippen molar-refractivity contribution in [2.45, 2.75) is 20.3 Å². The lowest BCUT2D eigenvalue weighted by Gasteiger charge is -2.06. The van der Waals surface area contributed by atoms with Gasteiger partial charge in [0.2, 0.25) is 0 Å². The van der Waals surface area contributed by atoms with Crippen LogP contribution in [0.25, 0.3) is 0 Å². The van der Waals surface area contributed by atoms with Gasteiger partial charge >= 0.3 is 0 Å². The van der Waals surface area contributed by atoms with Crippen molar-refractivity contribution in [3.05, 3.63) is 24.0 Å². The second kappa shape index (κ2) is 6.95. The molecule has 0 aliphatic rings. The van der Waals surface area contributed by atoms with Crippen molar-refractivity contribution in [3.63, 3.8) is 0 Å². The molecule has 1 aromatic rings. The van der Waals surface area contributed by atoms with Crippen molar-refractivity contribution in [1.29, 1.82) is 0 Å². The molecule has 0 saturated carbocycles. The van der Waals surface area contributed by atoms with E-state index in [0.29, 0.717) is 24.5 Å². The number of carbonyl (C=O) groups is 1. The van der Waals surface area contributed by atoms with Gasteiger partial charge in [0.1, 0.15) is 5.75 Å². The van der Waals surface area contributed by atoms with E-state index in [9.17, 15) is 4.79 Å². The maximum atomic E-state index is 11.7. The Balaban J connectivity index is 2.62. The molecule has 0 aliphatic carbocycles. The maximum Gasteiger partial charge on any atom is 0.178 e. The molecule has 16 heavy (non-hydrogen) atoms. The summed E-state index contributed by atoms with van der Waals surface area (Å²) in [6.07, 6.45) is 4.13. The van der Waals surface area contributed by atoms with Gasteiger partial charge in [0.15, 0.2) is 5.78 Å². The Labute approximate surface area is 96.0 Å². The van der Waals surface area contributed by atoms with Crippen LogP contribution in [0.3, 0.4) is 0 Å². The molecule has 0 bridgehead atoms. The van der Waals surface area contributed by atoms with Crippen LogP contribution in [0.2, 0.25) is 0 Å². The minimum Gasteiger partial charge on any atom is -0.492 e. The van der Waals surface area contributed by atoms with Crippen LogP contribution in [0.1, 0.15) is 30.6 Å². The van der Waals surface area contributed by atoms with Crippen LogP contribution in [0.15, 0.2) is 18.5 Å². The molecular weight excluding hydrogens is 204 g/mol. The fourth-order valence-corrected chi connectivity index (χ4v) is 1.21. The number of Topliss-reactive ketones (excluding diaryl/α,β-unsaturated/α-hetero) is 1. The maximum absolute atomic E-state index is 11.7. The van der Waals surface area contributed by atoms with E-state index < -0.39 is 0 Å². The zero-order valence-electron chi connectivity index (χ0n) is 9.82. The highest BCUT2D eigenvalue weighted by Gasteiger charge is 2.06. The van der Waals surface area contributed by atoms with E-state index >= 15 is 0 Å². The number of hydrogen-bond acceptors (Lipinski definition) is 4. The molecule has 0 aromatic carbocycles. The molecule has 0 aliphatic heterocycles. The SMILES string of the molecule is CCCOc1cncc(C(=O)CNCC)c1. The van der Waals surface area contributed by atoms with Crippen LogP contribution in [0.4, 0.5) is 0 Å². The van der Waals surface area contributed by atoms with Gasteiger partial charge in [-0.3, -0.25) is 9.78 Å². The standard InChI is InChI=1S/C12H18N2O2/c1-3-5-16-11-6-10(7-14-8-11)12(15)9-13-4-2/h6-8,13H,3-5,9H2,1-2H3. The lowest BCUT2D eigenvalue weighted by Crippen LogP contribution is -2.22. The summed E-state index contributed by atoms with van der Waals surface area (Å²) in [7, 11) is 0. The van der Waals surface area contributed by atoms with E-state index in [1.165, 1.54) is 0 Å². The van der Waals surface area contributed by atoms with E-state index in [4.69, 9.17) is 4.74 Å². The molecule has 0 saturated heterocycles. The Morgan fingerprint density at radius 1 is 1.44 bits per heavy atom. The van der Waals surface area contributed by atoms with Crippen molar-refractivity contribution >= 4 is 5.78 Å². The predicted octanol–water partition coefficient (Wildman–Crippen LogP) is 1.66. The van der Waals surface area contributed by atoms with E-state index in [2.05, 4.69) is 10.3 Å². The summed E-state index contributed by atoms with van der Waals surface area (Å²) in [6, 6.07) is 1.74. The first-order valence-corrected chi connectivity index (χ1v) is 5.59. The third-order valence-electron chi connectivity index (χ3n) is 2.04.